The minimum atomic E-state index is -2.02. The number of carbonyl (C=O) groups excluding carboxylic acids is 3. The van der Waals surface area contributed by atoms with Crippen molar-refractivity contribution in [1.82, 2.24) is 5.32 Å². The molecule has 5 heterocycles. The molecular weight excluding hydrogens is 850 g/mol. The number of esters is 1. The van der Waals surface area contributed by atoms with Gasteiger partial charge in [-0.1, -0.05) is 50.6 Å². The number of amides is 1. The predicted molar refractivity (Wildman–Crippen MR) is 235 cm³/mol. The second-order valence-electron chi connectivity index (χ2n) is 18.2. The van der Waals surface area contributed by atoms with E-state index in [1.807, 2.05) is 41.1 Å². The number of ether oxygens (including phenoxy) is 7. The Morgan fingerprint density at radius 2 is 1.77 bits per heavy atom. The molecule has 7 bridgehead atoms. The maximum atomic E-state index is 14.8. The lowest BCUT2D eigenvalue weighted by Crippen LogP contribution is -2.46. The maximum absolute atomic E-state index is 14.8. The van der Waals surface area contributed by atoms with Gasteiger partial charge in [-0.2, -0.15) is 0 Å². The van der Waals surface area contributed by atoms with Gasteiger partial charge in [0.1, 0.15) is 60.1 Å². The number of allylic oxidation sites excluding steroid dienone is 3. The Morgan fingerprint density at radius 1 is 1.05 bits per heavy atom. The van der Waals surface area contributed by atoms with Crippen LogP contribution < -0.4 is 19.5 Å². The molecule has 1 amide bonds. The number of fused-ring (bicyclic) bond motifs is 9. The molecule has 4 N–H and O–H groups in total. The number of aliphatic hydroxyl groups is 2. The van der Waals surface area contributed by atoms with E-state index >= 15 is 0 Å². The fraction of sp³-hybridized carbons (Fsp3) is 0.489. The molecule has 1 unspecified atom stereocenters. The van der Waals surface area contributed by atoms with Gasteiger partial charge in [0.05, 0.1) is 62.0 Å². The topological polar surface area (TPSA) is 201 Å². The third-order valence-electron chi connectivity index (χ3n) is 12.4. The Morgan fingerprint density at radius 3 is 2.44 bits per heavy atom. The van der Waals surface area contributed by atoms with Crippen molar-refractivity contribution in [2.24, 2.45) is 22.7 Å². The van der Waals surface area contributed by atoms with Crippen LogP contribution in [0.5, 0.6) is 23.0 Å². The molecule has 0 saturated carbocycles. The largest absolute Gasteiger partial charge is 0.507 e. The summed E-state index contributed by atoms with van der Waals surface area (Å²) in [4.78, 5) is 46.2. The Hall–Kier alpha value is -5.23. The quantitative estimate of drug-likeness (QED) is 0.205. The van der Waals surface area contributed by atoms with Crippen molar-refractivity contribution in [3.8, 4) is 23.0 Å². The average molecular weight is 907 g/mol. The average Bonchev–Trinajstić information content (AvgIpc) is 3.67. The van der Waals surface area contributed by atoms with Crippen molar-refractivity contribution >= 4 is 40.7 Å². The van der Waals surface area contributed by atoms with Crippen molar-refractivity contribution in [3.05, 3.63) is 87.0 Å². The van der Waals surface area contributed by atoms with E-state index in [-0.39, 0.29) is 79.0 Å². The highest BCUT2D eigenvalue weighted by atomic mass is 35.5. The molecular formula is C47H57ClN3O13+. The monoisotopic (exact) mass is 906 g/mol. The zero-order chi connectivity index (χ0) is 46.7. The number of phenolic OH excluding ortho intramolecular Hbond substituents is 1. The van der Waals surface area contributed by atoms with E-state index in [0.717, 1.165) is 0 Å². The fourth-order valence-electron chi connectivity index (χ4n) is 8.68. The summed E-state index contributed by atoms with van der Waals surface area (Å²) in [6, 6.07) is 3.11. The number of aliphatic imine (C=N–C) groups is 1. The number of aromatic hydroxyl groups is 1. The first kappa shape index (κ1) is 46.8. The van der Waals surface area contributed by atoms with Crippen LogP contribution in [0.2, 0.25) is 5.02 Å². The SMILES string of the molecule is CO[C@H]1/C=C/O[C@@]2(C)Oc3c(C)c(O)c4c(c3C2=O)C2=Nc3cc(Cl)c(OCC[N+](C)(C)C)cc3OC2=C(NC(=O)/C(C)=C\C=C\[C@H](C)[C@@H]2O[C@H]([C@H](O)[C@@H]2C)[C@H](OC(C)=O)[C@@H]1C)C4O. The van der Waals surface area contributed by atoms with Crippen molar-refractivity contribution < 1.29 is 67.3 Å². The van der Waals surface area contributed by atoms with Gasteiger partial charge in [0.2, 0.25) is 0 Å². The van der Waals surface area contributed by atoms with E-state index in [1.165, 1.54) is 40.2 Å². The van der Waals surface area contributed by atoms with Crippen LogP contribution in [0.15, 0.2) is 64.7 Å². The number of likely N-dealkylation sites (N-methyl/N-ethyl adjacent to an activating group) is 1. The van der Waals surface area contributed by atoms with E-state index in [1.54, 1.807) is 38.1 Å². The number of carbonyl (C=O) groups is 3. The lowest BCUT2D eigenvalue weighted by molar-refractivity contribution is -0.870. The van der Waals surface area contributed by atoms with Gasteiger partial charge >= 0.3 is 11.8 Å². The Labute approximate surface area is 377 Å². The molecule has 5 aliphatic heterocycles. The predicted octanol–water partition coefficient (Wildman–Crippen LogP) is 5.65. The summed E-state index contributed by atoms with van der Waals surface area (Å²) in [5.41, 5.74) is 0.277. The summed E-state index contributed by atoms with van der Waals surface area (Å²) in [6.45, 7) is 12.3. The number of rotatable bonds is 6. The molecule has 344 valence electrons. The molecule has 2 aromatic rings. The van der Waals surface area contributed by atoms with E-state index in [2.05, 4.69) is 5.32 Å². The number of phenols is 1. The van der Waals surface area contributed by atoms with Gasteiger partial charge < -0.3 is 58.3 Å². The summed E-state index contributed by atoms with van der Waals surface area (Å²) in [5, 5.41) is 38.6. The lowest BCUT2D eigenvalue weighted by atomic mass is 9.81. The van der Waals surface area contributed by atoms with Crippen LogP contribution in [0.25, 0.3) is 0 Å². The molecule has 16 nitrogen and oxygen atoms in total. The van der Waals surface area contributed by atoms with Crippen LogP contribution >= 0.6 is 11.6 Å². The first-order valence-corrected chi connectivity index (χ1v) is 21.6. The van der Waals surface area contributed by atoms with Gasteiger partial charge in [0.25, 0.3) is 11.7 Å². The van der Waals surface area contributed by atoms with E-state index in [4.69, 9.17) is 49.8 Å². The highest BCUT2D eigenvalue weighted by molar-refractivity contribution is 6.32. The van der Waals surface area contributed by atoms with Crippen LogP contribution in [-0.4, -0.2) is 121 Å². The summed E-state index contributed by atoms with van der Waals surface area (Å²) < 4.78 is 43.7. The molecule has 1 saturated heterocycles. The normalized spacial score (nSPS) is 31.9. The second kappa shape index (κ2) is 17.6. The molecule has 64 heavy (non-hydrogen) atoms. The summed E-state index contributed by atoms with van der Waals surface area (Å²) in [5.74, 6) is -5.21. The number of aliphatic hydroxyl groups excluding tert-OH is 2. The number of hydrogen-bond donors (Lipinski definition) is 4. The molecule has 17 heteroatoms. The Bertz CT molecular complexity index is 2420. The Kier molecular flexibility index (Phi) is 12.9. The smallest absolute Gasteiger partial charge is 0.312 e. The van der Waals surface area contributed by atoms with Crippen LogP contribution in [0.4, 0.5) is 5.69 Å². The number of ketones is 1. The molecule has 8 rings (SSSR count). The molecule has 0 spiro atoms. The fourth-order valence-corrected chi connectivity index (χ4v) is 8.89. The zero-order valence-electron chi connectivity index (χ0n) is 37.8. The van der Waals surface area contributed by atoms with Crippen molar-refractivity contribution in [2.75, 3.05) is 41.4 Å². The standard InChI is InChI=1S/C47H56ClN3O13/c1-21-13-12-14-22(2)46(57)50-36-39(55)33-32(35-43(36)62-31-20-30(27(48)19-28(31)49-35)59-18-16-51(8,9)10)34-41(24(4)37(33)53)64-47(7,45(34)56)60-17-15-29(58-11)23(3)42(61-26(6)52)44-38(54)25(5)40(21)63-44/h12-15,17,19-21,23,25,29,38-40,42,44,54-55H,16,18H2,1-11H3,(H-,49,50,53,56,57)/p+1/b13-12+,17-15+,22-14-/t21-,23+,25-,29-,38+,39?,40-,42+,44+,47-/m0/s1. The van der Waals surface area contributed by atoms with Crippen molar-refractivity contribution in [1.29, 1.82) is 0 Å². The van der Waals surface area contributed by atoms with Crippen LogP contribution in [0, 0.1) is 24.7 Å². The number of hydrogen-bond acceptors (Lipinski definition) is 14. The molecule has 1 fully saturated rings. The number of halogens is 1. The molecule has 6 aliphatic rings. The van der Waals surface area contributed by atoms with E-state index < -0.39 is 71.7 Å². The molecule has 1 aliphatic carbocycles. The number of quaternary nitrogens is 1. The minimum Gasteiger partial charge on any atom is -0.507 e. The Balaban J connectivity index is 1.38. The van der Waals surface area contributed by atoms with E-state index in [9.17, 15) is 29.7 Å². The van der Waals surface area contributed by atoms with Gasteiger partial charge in [-0.3, -0.25) is 14.4 Å². The van der Waals surface area contributed by atoms with Crippen LogP contribution in [0.3, 0.4) is 0 Å². The van der Waals surface area contributed by atoms with E-state index in [0.29, 0.717) is 23.4 Å². The number of nitrogens with one attached hydrogen (secondary N) is 1. The number of benzene rings is 2. The highest BCUT2D eigenvalue weighted by Crippen LogP contribution is 2.53. The minimum absolute atomic E-state index is 0.00276. The lowest BCUT2D eigenvalue weighted by Gasteiger charge is -2.33. The second-order valence-corrected chi connectivity index (χ2v) is 18.6. The summed E-state index contributed by atoms with van der Waals surface area (Å²) in [6.07, 6.45) is 1.93. The van der Waals surface area contributed by atoms with Crippen molar-refractivity contribution in [3.63, 3.8) is 0 Å². The highest BCUT2D eigenvalue weighted by Gasteiger charge is 2.53. The zero-order valence-corrected chi connectivity index (χ0v) is 38.6. The third-order valence-corrected chi connectivity index (χ3v) is 12.7. The number of nitrogens with zero attached hydrogens (tertiary/aromatic N) is 2. The van der Waals surface area contributed by atoms with Gasteiger partial charge in [-0.15, -0.1) is 0 Å². The summed E-state index contributed by atoms with van der Waals surface area (Å²) >= 11 is 6.73. The van der Waals surface area contributed by atoms with Crippen LogP contribution in [-0.2, 0) is 28.5 Å². The molecule has 2 aromatic carbocycles. The first-order chi connectivity index (χ1) is 30.1. The van der Waals surface area contributed by atoms with Crippen LogP contribution in [0.1, 0.15) is 74.7 Å². The molecule has 10 atom stereocenters. The molecule has 0 aromatic heterocycles. The van der Waals surface area contributed by atoms with Gasteiger partial charge in [0.15, 0.2) is 11.5 Å². The third kappa shape index (κ3) is 8.54. The number of methoxy groups -OCH3 is 1. The van der Waals surface area contributed by atoms with Gasteiger partial charge in [-0.25, -0.2) is 4.99 Å². The number of Topliss-reactive ketones (excluding diaryl/α,β-unsaturated/α-hetero) is 1. The molecule has 0 radical (unpaired) electrons. The maximum Gasteiger partial charge on any atom is 0.312 e. The van der Waals surface area contributed by atoms with Gasteiger partial charge in [-0.05, 0) is 26.0 Å². The van der Waals surface area contributed by atoms with Crippen molar-refractivity contribution in [2.45, 2.75) is 90.9 Å². The summed E-state index contributed by atoms with van der Waals surface area (Å²) in [7, 11) is 7.55. The first-order valence-electron chi connectivity index (χ1n) is 21.2. The van der Waals surface area contributed by atoms with Gasteiger partial charge in [0, 0.05) is 67.0 Å².